The molecule has 0 radical (unpaired) electrons. The van der Waals surface area contributed by atoms with Crippen molar-refractivity contribution in [1.82, 2.24) is 0 Å². The first-order chi connectivity index (χ1) is 4.68. The number of hydrogen-bond donors (Lipinski definition) is 1. The van der Waals surface area contributed by atoms with Crippen molar-refractivity contribution in [1.29, 1.82) is 0 Å². The minimum absolute atomic E-state index is 0.0527. The summed E-state index contributed by atoms with van der Waals surface area (Å²) >= 11 is 0. The lowest BCUT2D eigenvalue weighted by Gasteiger charge is -2.04. The molecular weight excluding hydrogens is 148 g/mol. The lowest BCUT2D eigenvalue weighted by atomic mass is 10.1. The smallest absolute Gasteiger partial charge is 0.303 e. The molecule has 0 amide bonds. The van der Waals surface area contributed by atoms with Crippen LogP contribution in [0.2, 0.25) is 6.04 Å². The Balaban J connectivity index is 2.37. The fraction of sp³-hybridized carbons (Fsp3) is 0.833. The molecule has 1 aliphatic rings. The van der Waals surface area contributed by atoms with E-state index in [0.29, 0.717) is 6.04 Å². The van der Waals surface area contributed by atoms with Gasteiger partial charge >= 0.3 is 5.97 Å². The molecule has 0 unspecified atom stereocenters. The van der Waals surface area contributed by atoms with E-state index in [0.717, 1.165) is 12.8 Å². The van der Waals surface area contributed by atoms with E-state index in [1.807, 2.05) is 0 Å². The lowest BCUT2D eigenvalue weighted by Crippen LogP contribution is -2.08. The van der Waals surface area contributed by atoms with Gasteiger partial charge in [0.1, 0.15) is 0 Å². The Hall–Kier alpha value is -0.513. The lowest BCUT2D eigenvalue weighted by molar-refractivity contribution is -0.138. The van der Waals surface area contributed by atoms with Gasteiger partial charge in [-0.15, -0.1) is 0 Å². The maximum absolute atomic E-state index is 10.3. The van der Waals surface area contributed by atoms with Gasteiger partial charge in [0, 0.05) is 0 Å². The molecule has 0 aromatic rings. The van der Waals surface area contributed by atoms with Crippen LogP contribution in [0, 0.1) is 5.41 Å². The summed E-state index contributed by atoms with van der Waals surface area (Å²) in [5, 5.41) is 8.42. The van der Waals surface area contributed by atoms with Crippen LogP contribution in [0.5, 0.6) is 0 Å². The first-order valence-electron chi connectivity index (χ1n) is 3.34. The van der Waals surface area contributed by atoms with Crippen molar-refractivity contribution in [3.8, 4) is 0 Å². The summed E-state index contributed by atoms with van der Waals surface area (Å²) in [6, 6.07) is 0.624. The summed E-state index contributed by atoms with van der Waals surface area (Å²) in [5.74, 6) is -0.759. The molecule has 4 heteroatoms. The van der Waals surface area contributed by atoms with Gasteiger partial charge in [0.25, 0.3) is 9.41 Å². The van der Waals surface area contributed by atoms with E-state index in [2.05, 4.69) is 0 Å². The van der Waals surface area contributed by atoms with Gasteiger partial charge in [0.15, 0.2) is 0 Å². The molecule has 0 spiro atoms. The molecule has 0 heterocycles. The number of carboxylic acids is 1. The van der Waals surface area contributed by atoms with E-state index in [4.69, 9.17) is 5.11 Å². The van der Waals surface area contributed by atoms with Crippen LogP contribution < -0.4 is 0 Å². The summed E-state index contributed by atoms with van der Waals surface area (Å²) in [5.41, 5.74) is -0.0527. The normalized spacial score (nSPS) is 20.0. The summed E-state index contributed by atoms with van der Waals surface area (Å²) in [6.45, 7) is 0. The van der Waals surface area contributed by atoms with E-state index in [1.165, 1.54) is 0 Å². The predicted octanol–water partition coefficient (Wildman–Crippen LogP) is 0.442. The van der Waals surface area contributed by atoms with Gasteiger partial charge in [-0.2, -0.15) is 0 Å². The largest absolute Gasteiger partial charge is 0.481 e. The third-order valence-corrected chi connectivity index (χ3v) is 3.03. The molecule has 3 nitrogen and oxygen atoms in total. The maximum atomic E-state index is 10.3. The highest BCUT2D eigenvalue weighted by molar-refractivity contribution is 6.17. The molecule has 0 atom stereocenters. The van der Waals surface area contributed by atoms with Crippen molar-refractivity contribution < 1.29 is 14.4 Å². The molecule has 1 N–H and O–H groups in total. The van der Waals surface area contributed by atoms with Crippen LogP contribution in [0.25, 0.3) is 0 Å². The van der Waals surface area contributed by atoms with Crippen LogP contribution in [0.15, 0.2) is 0 Å². The van der Waals surface area contributed by atoms with E-state index >= 15 is 0 Å². The third kappa shape index (κ3) is 1.73. The maximum Gasteiger partial charge on any atom is 0.303 e. The molecule has 1 rings (SSSR count). The second kappa shape index (κ2) is 2.62. The summed E-state index contributed by atoms with van der Waals surface area (Å²) in [7, 11) is -0.763. The quantitative estimate of drug-likeness (QED) is 0.604. The number of hydrogen-bond acceptors (Lipinski definition) is 2. The van der Waals surface area contributed by atoms with Crippen molar-refractivity contribution in [2.75, 3.05) is 0 Å². The van der Waals surface area contributed by atoms with Gasteiger partial charge in [-0.3, -0.25) is 4.79 Å². The third-order valence-electron chi connectivity index (χ3n) is 2.00. The molecule has 10 heavy (non-hydrogen) atoms. The van der Waals surface area contributed by atoms with E-state index in [9.17, 15) is 9.26 Å². The van der Waals surface area contributed by atoms with Crippen LogP contribution in [0.4, 0.5) is 0 Å². The van der Waals surface area contributed by atoms with E-state index in [-0.39, 0.29) is 11.8 Å². The summed E-state index contributed by atoms with van der Waals surface area (Å²) < 4.78 is 10.3. The Labute approximate surface area is 61.3 Å². The monoisotopic (exact) mass is 158 g/mol. The van der Waals surface area contributed by atoms with Crippen LogP contribution in [0.1, 0.15) is 19.3 Å². The molecule has 1 aliphatic carbocycles. The van der Waals surface area contributed by atoms with Crippen molar-refractivity contribution in [3.05, 3.63) is 0 Å². The Morgan fingerprint density at radius 1 is 1.60 bits per heavy atom. The SMILES string of the molecule is O=[SiH]CC1(CC(=O)O)CC1. The van der Waals surface area contributed by atoms with Gasteiger partial charge < -0.3 is 9.57 Å². The molecule has 0 bridgehead atoms. The van der Waals surface area contributed by atoms with Crippen LogP contribution in [-0.4, -0.2) is 20.5 Å². The average Bonchev–Trinajstić information content (AvgIpc) is 2.47. The summed E-state index contributed by atoms with van der Waals surface area (Å²) in [4.78, 5) is 10.2. The first kappa shape index (κ1) is 7.59. The fourth-order valence-corrected chi connectivity index (χ4v) is 2.03. The Kier molecular flexibility index (Phi) is 1.99. The van der Waals surface area contributed by atoms with Gasteiger partial charge in [-0.1, -0.05) is 0 Å². The first-order valence-corrected chi connectivity index (χ1v) is 4.63. The Morgan fingerprint density at radius 3 is 2.50 bits per heavy atom. The second-order valence-corrected chi connectivity index (χ2v) is 3.68. The number of rotatable bonds is 4. The molecule has 56 valence electrons. The van der Waals surface area contributed by atoms with Crippen molar-refractivity contribution in [2.45, 2.75) is 25.3 Å². The molecule has 1 saturated carbocycles. The number of carboxylic acid groups (broad SMARTS) is 1. The topological polar surface area (TPSA) is 54.4 Å². The zero-order valence-corrected chi connectivity index (χ0v) is 6.82. The zero-order valence-electron chi connectivity index (χ0n) is 5.67. The van der Waals surface area contributed by atoms with Gasteiger partial charge in [0.2, 0.25) is 0 Å². The highest BCUT2D eigenvalue weighted by Crippen LogP contribution is 2.51. The van der Waals surface area contributed by atoms with Crippen LogP contribution in [-0.2, 0) is 9.26 Å². The van der Waals surface area contributed by atoms with Crippen LogP contribution >= 0.6 is 0 Å². The highest BCUT2D eigenvalue weighted by Gasteiger charge is 2.43. The molecule has 0 aromatic heterocycles. The number of carbonyl (C=O) groups is 1. The highest BCUT2D eigenvalue weighted by atomic mass is 28.2. The van der Waals surface area contributed by atoms with Crippen molar-refractivity contribution >= 4 is 15.4 Å². The minimum atomic E-state index is -0.763. The zero-order chi connectivity index (χ0) is 7.61. The molecule has 0 saturated heterocycles. The average molecular weight is 158 g/mol. The molecular formula is C6H10O3Si. The second-order valence-electron chi connectivity index (χ2n) is 2.94. The fourth-order valence-electron chi connectivity index (χ4n) is 1.13. The Morgan fingerprint density at radius 2 is 2.20 bits per heavy atom. The van der Waals surface area contributed by atoms with Crippen LogP contribution in [0.3, 0.4) is 0 Å². The predicted molar refractivity (Wildman–Crippen MR) is 36.6 cm³/mol. The standard InChI is InChI=1S/C6H10O3Si/c7-5(8)3-6(1-2-6)4-10-9/h10H,1-4H2,(H,7,8). The van der Waals surface area contributed by atoms with Crippen molar-refractivity contribution in [2.24, 2.45) is 5.41 Å². The number of aliphatic carboxylic acids is 1. The van der Waals surface area contributed by atoms with Gasteiger partial charge in [-0.25, -0.2) is 0 Å². The minimum Gasteiger partial charge on any atom is -0.481 e. The molecule has 0 aromatic carbocycles. The van der Waals surface area contributed by atoms with E-state index < -0.39 is 15.4 Å². The van der Waals surface area contributed by atoms with Crippen molar-refractivity contribution in [3.63, 3.8) is 0 Å². The Bertz CT molecular complexity index is 162. The van der Waals surface area contributed by atoms with Gasteiger partial charge in [0.05, 0.1) is 6.42 Å². The molecule has 0 aliphatic heterocycles. The molecule has 1 fully saturated rings. The van der Waals surface area contributed by atoms with E-state index in [1.54, 1.807) is 0 Å². The summed E-state index contributed by atoms with van der Waals surface area (Å²) in [6.07, 6.45) is 2.12. The van der Waals surface area contributed by atoms with Gasteiger partial charge in [-0.05, 0) is 24.3 Å².